The van der Waals surface area contributed by atoms with Crippen molar-refractivity contribution in [2.45, 2.75) is 11.8 Å². The third-order valence-corrected chi connectivity index (χ3v) is 3.35. The first-order valence-electron chi connectivity index (χ1n) is 3.77. The third-order valence-electron chi connectivity index (χ3n) is 1.88. The van der Waals surface area contributed by atoms with Gasteiger partial charge in [0, 0.05) is 0 Å². The quantitative estimate of drug-likeness (QED) is 0.798. The van der Waals surface area contributed by atoms with Crippen molar-refractivity contribution in [1.82, 2.24) is 0 Å². The highest BCUT2D eigenvalue weighted by molar-refractivity contribution is 7.86. The zero-order valence-corrected chi connectivity index (χ0v) is 9.06. The molecule has 14 heavy (non-hydrogen) atoms. The van der Waals surface area contributed by atoms with Crippen molar-refractivity contribution < 1.29 is 13.0 Å². The van der Waals surface area contributed by atoms with Crippen LogP contribution in [0.3, 0.4) is 0 Å². The minimum absolute atomic E-state index is 0.00981. The molecule has 3 nitrogen and oxygen atoms in total. The van der Waals surface area contributed by atoms with Crippen LogP contribution in [0, 0.1) is 6.92 Å². The standard InChI is InChI=1S/C9H9ClO3S/c1-3-7-4-5-8(10)9(6(7)2)14(11,12)13/h3-5H,1H2,2H3,(H,11,12,13). The Bertz CT molecular complexity index is 477. The molecule has 1 aromatic rings. The fourth-order valence-corrected chi connectivity index (χ4v) is 2.53. The highest BCUT2D eigenvalue weighted by Gasteiger charge is 2.18. The molecule has 0 aliphatic heterocycles. The van der Waals surface area contributed by atoms with Crippen LogP contribution in [0.2, 0.25) is 5.02 Å². The van der Waals surface area contributed by atoms with Crippen LogP contribution in [0.15, 0.2) is 23.6 Å². The second-order valence-corrected chi connectivity index (χ2v) is 4.54. The first-order valence-corrected chi connectivity index (χ1v) is 5.58. The van der Waals surface area contributed by atoms with E-state index < -0.39 is 10.1 Å². The van der Waals surface area contributed by atoms with Crippen molar-refractivity contribution in [2.24, 2.45) is 0 Å². The lowest BCUT2D eigenvalue weighted by molar-refractivity contribution is 0.482. The van der Waals surface area contributed by atoms with E-state index in [2.05, 4.69) is 6.58 Å². The summed E-state index contributed by atoms with van der Waals surface area (Å²) in [4.78, 5) is -0.253. The van der Waals surface area contributed by atoms with Crippen molar-refractivity contribution in [2.75, 3.05) is 0 Å². The molecule has 0 saturated carbocycles. The zero-order valence-electron chi connectivity index (χ0n) is 7.49. The summed E-state index contributed by atoms with van der Waals surface area (Å²) in [6.45, 7) is 5.09. The fraction of sp³-hybridized carbons (Fsp3) is 0.111. The Balaban J connectivity index is 3.65. The Kier molecular flexibility index (Phi) is 2.99. The smallest absolute Gasteiger partial charge is 0.282 e. The average molecular weight is 233 g/mol. The minimum atomic E-state index is -4.28. The summed E-state index contributed by atoms with van der Waals surface area (Å²) < 4.78 is 30.9. The highest BCUT2D eigenvalue weighted by atomic mass is 35.5. The topological polar surface area (TPSA) is 54.4 Å². The van der Waals surface area contributed by atoms with Gasteiger partial charge in [0.25, 0.3) is 10.1 Å². The maximum atomic E-state index is 11.0. The number of benzene rings is 1. The fourth-order valence-electron chi connectivity index (χ4n) is 1.21. The average Bonchev–Trinajstić information content (AvgIpc) is 2.02. The lowest BCUT2D eigenvalue weighted by Crippen LogP contribution is -2.03. The number of hydrogen-bond acceptors (Lipinski definition) is 2. The Morgan fingerprint density at radius 1 is 1.50 bits per heavy atom. The van der Waals surface area contributed by atoms with Gasteiger partial charge in [-0.3, -0.25) is 4.55 Å². The van der Waals surface area contributed by atoms with Crippen molar-refractivity contribution in [3.8, 4) is 0 Å². The number of hydrogen-bond donors (Lipinski definition) is 1. The molecule has 1 aromatic carbocycles. The van der Waals surface area contributed by atoms with Gasteiger partial charge in [-0.25, -0.2) is 0 Å². The van der Waals surface area contributed by atoms with Gasteiger partial charge in [-0.15, -0.1) is 0 Å². The molecule has 0 aliphatic rings. The molecule has 0 fully saturated rings. The minimum Gasteiger partial charge on any atom is -0.282 e. The van der Waals surface area contributed by atoms with Gasteiger partial charge in [0.05, 0.1) is 5.02 Å². The number of halogens is 1. The zero-order chi connectivity index (χ0) is 10.9. The molecule has 0 spiro atoms. The van der Waals surface area contributed by atoms with Crippen LogP contribution in [-0.2, 0) is 10.1 Å². The summed E-state index contributed by atoms with van der Waals surface area (Å²) in [6, 6.07) is 3.05. The summed E-state index contributed by atoms with van der Waals surface area (Å²) in [5.74, 6) is 0. The molecule has 0 unspecified atom stereocenters. The van der Waals surface area contributed by atoms with E-state index in [-0.39, 0.29) is 9.92 Å². The van der Waals surface area contributed by atoms with Crippen molar-refractivity contribution in [1.29, 1.82) is 0 Å². The Hall–Kier alpha value is -0.840. The van der Waals surface area contributed by atoms with E-state index in [1.165, 1.54) is 12.1 Å². The summed E-state index contributed by atoms with van der Waals surface area (Å²) in [5, 5.41) is 0.00981. The largest absolute Gasteiger partial charge is 0.296 e. The van der Waals surface area contributed by atoms with Gasteiger partial charge < -0.3 is 0 Å². The molecule has 1 N–H and O–H groups in total. The van der Waals surface area contributed by atoms with E-state index in [9.17, 15) is 8.42 Å². The van der Waals surface area contributed by atoms with Crippen LogP contribution in [0.1, 0.15) is 11.1 Å². The van der Waals surface area contributed by atoms with Crippen molar-refractivity contribution in [3.63, 3.8) is 0 Å². The van der Waals surface area contributed by atoms with Crippen LogP contribution in [-0.4, -0.2) is 13.0 Å². The molecule has 0 aromatic heterocycles. The normalized spacial score (nSPS) is 11.4. The first-order chi connectivity index (χ1) is 6.38. The molecule has 0 amide bonds. The summed E-state index contributed by atoms with van der Waals surface area (Å²) in [5.41, 5.74) is 1.03. The van der Waals surface area contributed by atoms with Gasteiger partial charge in [0.15, 0.2) is 0 Å². The molecular formula is C9H9ClO3S. The molecule has 0 atom stereocenters. The van der Waals surface area contributed by atoms with Crippen LogP contribution >= 0.6 is 11.6 Å². The predicted molar refractivity (Wildman–Crippen MR) is 56.1 cm³/mol. The van der Waals surface area contributed by atoms with E-state index >= 15 is 0 Å². The molecule has 1 rings (SSSR count). The van der Waals surface area contributed by atoms with Gasteiger partial charge in [-0.05, 0) is 24.1 Å². The molecule has 76 valence electrons. The lowest BCUT2D eigenvalue weighted by Gasteiger charge is -2.07. The highest BCUT2D eigenvalue weighted by Crippen LogP contribution is 2.27. The maximum absolute atomic E-state index is 11.0. The first kappa shape index (κ1) is 11.2. The van der Waals surface area contributed by atoms with Crippen LogP contribution in [0.4, 0.5) is 0 Å². The van der Waals surface area contributed by atoms with Gasteiger partial charge in [0.1, 0.15) is 4.90 Å². The molecule has 0 heterocycles. The molecule has 0 bridgehead atoms. The lowest BCUT2D eigenvalue weighted by atomic mass is 10.1. The third kappa shape index (κ3) is 1.97. The molecule has 0 aliphatic carbocycles. The van der Waals surface area contributed by atoms with Crippen LogP contribution in [0.25, 0.3) is 6.08 Å². The number of rotatable bonds is 2. The molecule has 0 saturated heterocycles. The van der Waals surface area contributed by atoms with Gasteiger partial charge in [-0.2, -0.15) is 8.42 Å². The van der Waals surface area contributed by atoms with E-state index in [1.54, 1.807) is 13.0 Å². The van der Waals surface area contributed by atoms with Crippen LogP contribution < -0.4 is 0 Å². The summed E-state index contributed by atoms with van der Waals surface area (Å²) in [7, 11) is -4.28. The SMILES string of the molecule is C=Cc1ccc(Cl)c(S(=O)(=O)O)c1C. The summed E-state index contributed by atoms with van der Waals surface area (Å²) >= 11 is 5.67. The Labute approximate surface area is 87.8 Å². The van der Waals surface area contributed by atoms with E-state index in [0.717, 1.165) is 0 Å². The Morgan fingerprint density at radius 2 is 2.07 bits per heavy atom. The van der Waals surface area contributed by atoms with Crippen LogP contribution in [0.5, 0.6) is 0 Å². The van der Waals surface area contributed by atoms with Gasteiger partial charge in [-0.1, -0.05) is 30.3 Å². The van der Waals surface area contributed by atoms with E-state index in [1.807, 2.05) is 0 Å². The van der Waals surface area contributed by atoms with Gasteiger partial charge >= 0.3 is 0 Å². The summed E-state index contributed by atoms with van der Waals surface area (Å²) in [6.07, 6.45) is 1.50. The second kappa shape index (κ2) is 3.73. The molecule has 5 heteroatoms. The Morgan fingerprint density at radius 3 is 2.50 bits per heavy atom. The van der Waals surface area contributed by atoms with E-state index in [0.29, 0.717) is 11.1 Å². The monoisotopic (exact) mass is 232 g/mol. The molecular weight excluding hydrogens is 224 g/mol. The van der Waals surface area contributed by atoms with Gasteiger partial charge in [0.2, 0.25) is 0 Å². The second-order valence-electron chi connectivity index (χ2n) is 2.77. The predicted octanol–water partition coefficient (Wildman–Crippen LogP) is 2.54. The molecule has 0 radical (unpaired) electrons. The van der Waals surface area contributed by atoms with E-state index in [4.69, 9.17) is 16.2 Å². The van der Waals surface area contributed by atoms with Crippen molar-refractivity contribution >= 4 is 27.8 Å². The maximum Gasteiger partial charge on any atom is 0.296 e. The van der Waals surface area contributed by atoms with Crippen molar-refractivity contribution in [3.05, 3.63) is 34.9 Å².